The third-order valence-electron chi connectivity index (χ3n) is 3.73. The number of carbonyl (C=O) groups excluding carboxylic acids is 1. The van der Waals surface area contributed by atoms with Crippen molar-refractivity contribution in [2.24, 2.45) is 5.41 Å². The summed E-state index contributed by atoms with van der Waals surface area (Å²) in [6.45, 7) is 10.2. The Bertz CT molecular complexity index is 456. The summed E-state index contributed by atoms with van der Waals surface area (Å²) in [5.74, 6) is 1.79. The topological polar surface area (TPSA) is 51.5 Å². The van der Waals surface area contributed by atoms with Gasteiger partial charge in [0.15, 0.2) is 0 Å². The third kappa shape index (κ3) is 3.18. The molecule has 1 N–H and O–H groups in total. The van der Waals surface area contributed by atoms with Crippen molar-refractivity contribution in [3.63, 3.8) is 0 Å². The number of rotatable bonds is 4. The van der Waals surface area contributed by atoms with E-state index in [2.05, 4.69) is 26.1 Å². The fourth-order valence-corrected chi connectivity index (χ4v) is 2.25. The lowest BCUT2D eigenvalue weighted by Crippen LogP contribution is -2.36. The normalized spacial score (nSPS) is 23.0. The van der Waals surface area contributed by atoms with Crippen molar-refractivity contribution in [2.45, 2.75) is 40.0 Å². The van der Waals surface area contributed by atoms with Crippen molar-refractivity contribution in [2.75, 3.05) is 19.8 Å². The molecule has 4 heteroatoms. The minimum Gasteiger partial charge on any atom is -0.465 e. The lowest BCUT2D eigenvalue weighted by molar-refractivity contribution is 0.0923. The Morgan fingerprint density at radius 3 is 2.79 bits per heavy atom. The molecular formula is C15H23NO3. The van der Waals surface area contributed by atoms with Crippen LogP contribution in [0.2, 0.25) is 0 Å². The molecule has 0 saturated carbocycles. The molecule has 1 fully saturated rings. The van der Waals surface area contributed by atoms with Crippen molar-refractivity contribution in [1.29, 1.82) is 0 Å². The van der Waals surface area contributed by atoms with Crippen LogP contribution in [-0.4, -0.2) is 25.7 Å². The summed E-state index contributed by atoms with van der Waals surface area (Å²) in [5, 5.41) is 3.00. The predicted molar refractivity (Wildman–Crippen MR) is 73.4 cm³/mol. The van der Waals surface area contributed by atoms with Gasteiger partial charge < -0.3 is 14.5 Å². The number of carbonyl (C=O) groups is 1. The van der Waals surface area contributed by atoms with Gasteiger partial charge in [0.1, 0.15) is 11.5 Å². The fraction of sp³-hybridized carbons (Fsp3) is 0.667. The van der Waals surface area contributed by atoms with Crippen molar-refractivity contribution in [1.82, 2.24) is 5.32 Å². The lowest BCUT2D eigenvalue weighted by atomic mass is 9.90. The molecule has 0 bridgehead atoms. The molecule has 0 aliphatic carbocycles. The van der Waals surface area contributed by atoms with Crippen molar-refractivity contribution >= 4 is 5.91 Å². The Labute approximate surface area is 114 Å². The van der Waals surface area contributed by atoms with Gasteiger partial charge in [0.25, 0.3) is 5.91 Å². The monoisotopic (exact) mass is 265 g/mol. The Kier molecular flexibility index (Phi) is 3.99. The van der Waals surface area contributed by atoms with Crippen LogP contribution >= 0.6 is 0 Å². The average Bonchev–Trinajstić information content (AvgIpc) is 2.93. The first-order valence-corrected chi connectivity index (χ1v) is 6.87. The molecule has 0 spiro atoms. The molecule has 2 heterocycles. The highest BCUT2D eigenvalue weighted by atomic mass is 16.5. The summed E-state index contributed by atoms with van der Waals surface area (Å²) >= 11 is 0. The number of ether oxygens (including phenoxy) is 1. The highest BCUT2D eigenvalue weighted by Crippen LogP contribution is 2.27. The first kappa shape index (κ1) is 14.1. The number of hydrogen-bond acceptors (Lipinski definition) is 3. The molecule has 1 saturated heterocycles. The molecular weight excluding hydrogens is 242 g/mol. The van der Waals surface area contributed by atoms with Crippen LogP contribution in [-0.2, 0) is 4.74 Å². The Morgan fingerprint density at radius 1 is 1.53 bits per heavy atom. The van der Waals surface area contributed by atoms with Crippen LogP contribution in [0.4, 0.5) is 0 Å². The molecule has 0 aromatic carbocycles. The molecule has 1 unspecified atom stereocenters. The second-order valence-electron chi connectivity index (χ2n) is 6.07. The molecule has 19 heavy (non-hydrogen) atoms. The van der Waals surface area contributed by atoms with Gasteiger partial charge in [0.2, 0.25) is 0 Å². The standard InChI is InChI=1S/C15H23NO3/c1-10(2)13-7-12(11(3)19-13)14(17)16-8-15(4)5-6-18-9-15/h7,10H,5-6,8-9H2,1-4H3,(H,16,17). The summed E-state index contributed by atoms with van der Waals surface area (Å²) in [6.07, 6.45) is 0.995. The van der Waals surface area contributed by atoms with E-state index in [9.17, 15) is 4.79 Å². The second-order valence-corrected chi connectivity index (χ2v) is 6.07. The first-order chi connectivity index (χ1) is 8.91. The molecule has 1 atom stereocenters. The summed E-state index contributed by atoms with van der Waals surface area (Å²) in [4.78, 5) is 12.2. The van der Waals surface area contributed by atoms with Gasteiger partial charge in [-0.3, -0.25) is 4.79 Å². The van der Waals surface area contributed by atoms with E-state index in [4.69, 9.17) is 9.15 Å². The Balaban J connectivity index is 2.00. The maximum Gasteiger partial charge on any atom is 0.254 e. The molecule has 1 aliphatic rings. The van der Waals surface area contributed by atoms with Crippen LogP contribution in [0.3, 0.4) is 0 Å². The van der Waals surface area contributed by atoms with E-state index in [-0.39, 0.29) is 11.3 Å². The predicted octanol–water partition coefficient (Wildman–Crippen LogP) is 2.87. The fourth-order valence-electron chi connectivity index (χ4n) is 2.25. The van der Waals surface area contributed by atoms with Gasteiger partial charge in [-0.05, 0) is 19.4 Å². The van der Waals surface area contributed by atoms with Crippen LogP contribution in [0.1, 0.15) is 55.0 Å². The number of nitrogens with one attached hydrogen (secondary N) is 1. The summed E-state index contributed by atoms with van der Waals surface area (Å²) < 4.78 is 11.0. The Morgan fingerprint density at radius 2 is 2.26 bits per heavy atom. The number of hydrogen-bond donors (Lipinski definition) is 1. The molecule has 1 aromatic rings. The van der Waals surface area contributed by atoms with Gasteiger partial charge in [-0.2, -0.15) is 0 Å². The zero-order valence-corrected chi connectivity index (χ0v) is 12.2. The molecule has 0 radical (unpaired) electrons. The highest BCUT2D eigenvalue weighted by Gasteiger charge is 2.30. The maximum atomic E-state index is 12.2. The summed E-state index contributed by atoms with van der Waals surface area (Å²) in [7, 11) is 0. The summed E-state index contributed by atoms with van der Waals surface area (Å²) in [5.41, 5.74) is 0.708. The van der Waals surface area contributed by atoms with Crippen molar-refractivity contribution < 1.29 is 13.9 Å². The largest absolute Gasteiger partial charge is 0.465 e. The van der Waals surface area contributed by atoms with Crippen molar-refractivity contribution in [3.8, 4) is 0 Å². The van der Waals surface area contributed by atoms with Crippen LogP contribution in [0.25, 0.3) is 0 Å². The third-order valence-corrected chi connectivity index (χ3v) is 3.73. The minimum atomic E-state index is -0.0544. The van der Waals surface area contributed by atoms with E-state index in [0.29, 0.717) is 23.8 Å². The minimum absolute atomic E-state index is 0.0544. The van der Waals surface area contributed by atoms with Gasteiger partial charge in [0, 0.05) is 24.5 Å². The second kappa shape index (κ2) is 5.37. The number of aryl methyl sites for hydroxylation is 1. The SMILES string of the molecule is Cc1oc(C(C)C)cc1C(=O)NCC1(C)CCOC1. The van der Waals surface area contributed by atoms with E-state index in [1.807, 2.05) is 13.0 Å². The van der Waals surface area contributed by atoms with E-state index in [0.717, 1.165) is 25.4 Å². The Hall–Kier alpha value is -1.29. The zero-order valence-electron chi connectivity index (χ0n) is 12.2. The van der Waals surface area contributed by atoms with Crippen molar-refractivity contribution in [3.05, 3.63) is 23.2 Å². The van der Waals surface area contributed by atoms with Gasteiger partial charge in [-0.15, -0.1) is 0 Å². The first-order valence-electron chi connectivity index (χ1n) is 6.87. The van der Waals surface area contributed by atoms with Crippen LogP contribution < -0.4 is 5.32 Å². The van der Waals surface area contributed by atoms with E-state index in [1.165, 1.54) is 0 Å². The maximum absolute atomic E-state index is 12.2. The van der Waals surface area contributed by atoms with E-state index < -0.39 is 0 Å². The smallest absolute Gasteiger partial charge is 0.254 e. The number of amides is 1. The van der Waals surface area contributed by atoms with Gasteiger partial charge in [-0.1, -0.05) is 20.8 Å². The quantitative estimate of drug-likeness (QED) is 0.910. The molecule has 106 valence electrons. The van der Waals surface area contributed by atoms with Crippen LogP contribution in [0.5, 0.6) is 0 Å². The lowest BCUT2D eigenvalue weighted by Gasteiger charge is -2.21. The molecule has 1 aliphatic heterocycles. The molecule has 1 aromatic heterocycles. The van der Waals surface area contributed by atoms with Gasteiger partial charge >= 0.3 is 0 Å². The van der Waals surface area contributed by atoms with Gasteiger partial charge in [-0.25, -0.2) is 0 Å². The van der Waals surface area contributed by atoms with Gasteiger partial charge in [0.05, 0.1) is 12.2 Å². The molecule has 1 amide bonds. The molecule has 4 nitrogen and oxygen atoms in total. The molecule has 2 rings (SSSR count). The summed E-state index contributed by atoms with van der Waals surface area (Å²) in [6, 6.07) is 1.85. The highest BCUT2D eigenvalue weighted by molar-refractivity contribution is 5.95. The average molecular weight is 265 g/mol. The van der Waals surface area contributed by atoms with Crippen LogP contribution in [0.15, 0.2) is 10.5 Å². The van der Waals surface area contributed by atoms with E-state index >= 15 is 0 Å². The van der Waals surface area contributed by atoms with Crippen LogP contribution in [0, 0.1) is 12.3 Å². The zero-order chi connectivity index (χ0) is 14.0. The number of furan rings is 1. The van der Waals surface area contributed by atoms with E-state index in [1.54, 1.807) is 0 Å².